The van der Waals surface area contributed by atoms with Crippen molar-refractivity contribution in [3.8, 4) is 0 Å². The van der Waals surface area contributed by atoms with Crippen molar-refractivity contribution in [2.24, 2.45) is 17.3 Å². The minimum atomic E-state index is 0.351. The van der Waals surface area contributed by atoms with Crippen molar-refractivity contribution >= 4 is 5.78 Å². The highest BCUT2D eigenvalue weighted by Gasteiger charge is 2.39. The zero-order valence-electron chi connectivity index (χ0n) is 8.76. The molecule has 72 valence electrons. The summed E-state index contributed by atoms with van der Waals surface area (Å²) in [5, 5.41) is 0. The highest BCUT2D eigenvalue weighted by Crippen LogP contribution is 2.48. The number of allylic oxidation sites excluding steroid dienone is 2. The van der Waals surface area contributed by atoms with Gasteiger partial charge in [0.25, 0.3) is 0 Å². The Labute approximate surface area is 80.2 Å². The lowest BCUT2D eigenvalue weighted by atomic mass is 9.66. The standard InChI is InChI=1S/C12H18O/c1-8-6-12(2,3)7-9-4-10(13)5-11(8)9/h4,8,11H,5-7H2,1-3H3/t8-,11-/m0/s1. The summed E-state index contributed by atoms with van der Waals surface area (Å²) in [6, 6.07) is 0. The Morgan fingerprint density at radius 2 is 2.15 bits per heavy atom. The molecule has 0 heterocycles. The lowest BCUT2D eigenvalue weighted by Crippen LogP contribution is -2.28. The van der Waals surface area contributed by atoms with Gasteiger partial charge in [-0.15, -0.1) is 0 Å². The molecular weight excluding hydrogens is 160 g/mol. The maximum Gasteiger partial charge on any atom is 0.156 e. The monoisotopic (exact) mass is 178 g/mol. The minimum absolute atomic E-state index is 0.351. The molecule has 1 fully saturated rings. The zero-order valence-corrected chi connectivity index (χ0v) is 8.76. The van der Waals surface area contributed by atoms with Gasteiger partial charge in [0.05, 0.1) is 0 Å². The van der Waals surface area contributed by atoms with Gasteiger partial charge in [0.2, 0.25) is 0 Å². The molecule has 0 saturated heterocycles. The van der Waals surface area contributed by atoms with E-state index in [2.05, 4.69) is 20.8 Å². The van der Waals surface area contributed by atoms with Crippen LogP contribution in [0.2, 0.25) is 0 Å². The van der Waals surface area contributed by atoms with E-state index >= 15 is 0 Å². The quantitative estimate of drug-likeness (QED) is 0.557. The Hall–Kier alpha value is -0.590. The lowest BCUT2D eigenvalue weighted by Gasteiger charge is -2.39. The largest absolute Gasteiger partial charge is 0.295 e. The summed E-state index contributed by atoms with van der Waals surface area (Å²) >= 11 is 0. The Balaban J connectivity index is 2.25. The van der Waals surface area contributed by atoms with Crippen LogP contribution in [0.1, 0.15) is 40.0 Å². The molecule has 0 unspecified atom stereocenters. The van der Waals surface area contributed by atoms with Crippen molar-refractivity contribution in [2.75, 3.05) is 0 Å². The van der Waals surface area contributed by atoms with Crippen molar-refractivity contribution in [3.63, 3.8) is 0 Å². The van der Waals surface area contributed by atoms with E-state index in [4.69, 9.17) is 0 Å². The van der Waals surface area contributed by atoms with Crippen LogP contribution in [-0.4, -0.2) is 5.78 Å². The van der Waals surface area contributed by atoms with Crippen LogP contribution in [0.25, 0.3) is 0 Å². The smallest absolute Gasteiger partial charge is 0.156 e. The maximum absolute atomic E-state index is 11.3. The van der Waals surface area contributed by atoms with E-state index in [9.17, 15) is 4.79 Å². The molecule has 0 aliphatic heterocycles. The van der Waals surface area contributed by atoms with Crippen molar-refractivity contribution in [1.82, 2.24) is 0 Å². The molecule has 2 rings (SSSR count). The molecule has 1 heteroatoms. The highest BCUT2D eigenvalue weighted by atomic mass is 16.1. The Morgan fingerprint density at radius 1 is 1.46 bits per heavy atom. The zero-order chi connectivity index (χ0) is 9.64. The molecule has 2 aliphatic rings. The fourth-order valence-electron chi connectivity index (χ4n) is 3.11. The van der Waals surface area contributed by atoms with E-state index in [1.54, 1.807) is 0 Å². The van der Waals surface area contributed by atoms with Crippen LogP contribution in [0.4, 0.5) is 0 Å². The molecule has 0 aromatic heterocycles. The van der Waals surface area contributed by atoms with Gasteiger partial charge in [-0.2, -0.15) is 0 Å². The third-order valence-electron chi connectivity index (χ3n) is 3.49. The number of carbonyl (C=O) groups is 1. The number of hydrogen-bond acceptors (Lipinski definition) is 1. The molecule has 0 amide bonds. The van der Waals surface area contributed by atoms with Gasteiger partial charge in [-0.3, -0.25) is 4.79 Å². The highest BCUT2D eigenvalue weighted by molar-refractivity contribution is 5.93. The van der Waals surface area contributed by atoms with E-state index in [0.29, 0.717) is 23.0 Å². The second kappa shape index (κ2) is 2.70. The van der Waals surface area contributed by atoms with Crippen LogP contribution in [-0.2, 0) is 4.79 Å². The van der Waals surface area contributed by atoms with Crippen LogP contribution < -0.4 is 0 Å². The molecule has 0 bridgehead atoms. The second-order valence-electron chi connectivity index (χ2n) is 5.52. The van der Waals surface area contributed by atoms with Gasteiger partial charge in [0.15, 0.2) is 5.78 Å². The van der Waals surface area contributed by atoms with Crippen LogP contribution >= 0.6 is 0 Å². The van der Waals surface area contributed by atoms with Crippen LogP contribution in [0.5, 0.6) is 0 Å². The molecular formula is C12H18O. The van der Waals surface area contributed by atoms with Crippen LogP contribution in [0, 0.1) is 17.3 Å². The van der Waals surface area contributed by atoms with E-state index in [1.165, 1.54) is 12.0 Å². The van der Waals surface area contributed by atoms with Gasteiger partial charge in [0, 0.05) is 6.42 Å². The lowest BCUT2D eigenvalue weighted by molar-refractivity contribution is -0.114. The predicted molar refractivity (Wildman–Crippen MR) is 53.4 cm³/mol. The average molecular weight is 178 g/mol. The first-order valence-electron chi connectivity index (χ1n) is 5.21. The molecule has 0 spiro atoms. The van der Waals surface area contributed by atoms with Gasteiger partial charge in [-0.1, -0.05) is 26.3 Å². The summed E-state index contributed by atoms with van der Waals surface area (Å²) in [5.41, 5.74) is 1.83. The summed E-state index contributed by atoms with van der Waals surface area (Å²) in [6.07, 6.45) is 5.09. The fourth-order valence-corrected chi connectivity index (χ4v) is 3.11. The number of hydrogen-bond donors (Lipinski definition) is 0. The van der Waals surface area contributed by atoms with Gasteiger partial charge >= 0.3 is 0 Å². The SMILES string of the molecule is C[C@H]1CC(C)(C)CC2=CC(=O)C[C@H]21. The topological polar surface area (TPSA) is 17.1 Å². The van der Waals surface area contributed by atoms with Crippen LogP contribution in [0.3, 0.4) is 0 Å². The van der Waals surface area contributed by atoms with Gasteiger partial charge < -0.3 is 0 Å². The van der Waals surface area contributed by atoms with E-state index in [-0.39, 0.29) is 0 Å². The van der Waals surface area contributed by atoms with Gasteiger partial charge in [-0.25, -0.2) is 0 Å². The summed E-state index contributed by atoms with van der Waals surface area (Å²) < 4.78 is 0. The average Bonchev–Trinajstić information content (AvgIpc) is 2.27. The summed E-state index contributed by atoms with van der Waals surface area (Å²) in [4.78, 5) is 11.3. The molecule has 2 aliphatic carbocycles. The first kappa shape index (κ1) is 8.98. The molecule has 1 saturated carbocycles. The van der Waals surface area contributed by atoms with E-state index in [1.807, 2.05) is 6.08 Å². The number of fused-ring (bicyclic) bond motifs is 1. The van der Waals surface area contributed by atoms with Crippen molar-refractivity contribution in [1.29, 1.82) is 0 Å². The molecule has 0 aromatic rings. The Bertz CT molecular complexity index is 273. The number of rotatable bonds is 0. The van der Waals surface area contributed by atoms with Crippen molar-refractivity contribution in [2.45, 2.75) is 40.0 Å². The minimum Gasteiger partial charge on any atom is -0.295 e. The van der Waals surface area contributed by atoms with E-state index in [0.717, 1.165) is 12.8 Å². The Morgan fingerprint density at radius 3 is 2.85 bits per heavy atom. The molecule has 0 radical (unpaired) electrons. The third kappa shape index (κ3) is 1.56. The molecule has 1 nitrogen and oxygen atoms in total. The summed E-state index contributed by atoms with van der Waals surface area (Å²) in [5.74, 6) is 1.63. The summed E-state index contributed by atoms with van der Waals surface area (Å²) in [7, 11) is 0. The third-order valence-corrected chi connectivity index (χ3v) is 3.49. The fraction of sp³-hybridized carbons (Fsp3) is 0.750. The first-order valence-corrected chi connectivity index (χ1v) is 5.21. The molecule has 0 N–H and O–H groups in total. The Kier molecular flexibility index (Phi) is 1.86. The normalized spacial score (nSPS) is 37.2. The summed E-state index contributed by atoms with van der Waals surface area (Å²) in [6.45, 7) is 6.91. The van der Waals surface area contributed by atoms with Gasteiger partial charge in [0.1, 0.15) is 0 Å². The number of carbonyl (C=O) groups excluding carboxylic acids is 1. The van der Waals surface area contributed by atoms with E-state index < -0.39 is 0 Å². The molecule has 0 aromatic carbocycles. The van der Waals surface area contributed by atoms with Crippen molar-refractivity contribution in [3.05, 3.63) is 11.6 Å². The maximum atomic E-state index is 11.3. The first-order chi connectivity index (χ1) is 5.98. The van der Waals surface area contributed by atoms with Crippen LogP contribution in [0.15, 0.2) is 11.6 Å². The van der Waals surface area contributed by atoms with Crippen molar-refractivity contribution < 1.29 is 4.79 Å². The molecule has 13 heavy (non-hydrogen) atoms. The number of ketones is 1. The predicted octanol–water partition coefficient (Wildman–Crippen LogP) is 2.96. The van der Waals surface area contributed by atoms with Gasteiger partial charge in [-0.05, 0) is 36.2 Å². The second-order valence-corrected chi connectivity index (χ2v) is 5.52. The molecule has 2 atom stereocenters.